The van der Waals surface area contributed by atoms with E-state index in [9.17, 15) is 14.4 Å². The van der Waals surface area contributed by atoms with Crippen molar-refractivity contribution < 1.29 is 38.1 Å². The van der Waals surface area contributed by atoms with E-state index in [1.165, 1.54) is 0 Å². The average Bonchev–Trinajstić information content (AvgIpc) is 3.66. The van der Waals surface area contributed by atoms with Crippen LogP contribution in [0.2, 0.25) is 0 Å². The Morgan fingerprint density at radius 3 is 2.28 bits per heavy atom. The van der Waals surface area contributed by atoms with E-state index in [-0.39, 0.29) is 42.8 Å². The molecule has 4 aliphatic rings. The van der Waals surface area contributed by atoms with Gasteiger partial charge in [0.25, 0.3) is 11.8 Å². The number of ether oxygens (including phenoxy) is 5. The van der Waals surface area contributed by atoms with Gasteiger partial charge >= 0.3 is 0 Å². The number of anilines is 1. The largest absolute Gasteiger partial charge is 0.493 e. The zero-order valence-electron chi connectivity index (χ0n) is 30.9. The van der Waals surface area contributed by atoms with Crippen molar-refractivity contribution in [1.29, 1.82) is 0 Å². The van der Waals surface area contributed by atoms with E-state index in [0.717, 1.165) is 42.4 Å². The molecule has 0 aliphatic carbocycles. The van der Waals surface area contributed by atoms with Gasteiger partial charge in [0.15, 0.2) is 11.5 Å². The Morgan fingerprint density at radius 1 is 0.830 bits per heavy atom. The van der Waals surface area contributed by atoms with Gasteiger partial charge < -0.3 is 44.1 Å². The molecule has 0 unspecified atom stereocenters. The number of methoxy groups -OCH3 is 1. The third kappa shape index (κ3) is 8.75. The second kappa shape index (κ2) is 17.4. The van der Waals surface area contributed by atoms with Gasteiger partial charge in [-0.2, -0.15) is 0 Å². The van der Waals surface area contributed by atoms with Crippen molar-refractivity contribution in [3.05, 3.63) is 65.3 Å². The summed E-state index contributed by atoms with van der Waals surface area (Å²) in [4.78, 5) is 50.6. The summed E-state index contributed by atoms with van der Waals surface area (Å²) in [5.41, 5.74) is 10.4. The van der Waals surface area contributed by atoms with Gasteiger partial charge in [-0.25, -0.2) is 0 Å². The van der Waals surface area contributed by atoms with E-state index in [2.05, 4.69) is 18.2 Å². The van der Waals surface area contributed by atoms with E-state index in [4.69, 9.17) is 29.4 Å². The van der Waals surface area contributed by atoms with Crippen molar-refractivity contribution in [2.75, 3.05) is 77.8 Å². The van der Waals surface area contributed by atoms with Crippen LogP contribution >= 0.6 is 0 Å². The molecule has 4 aliphatic heterocycles. The van der Waals surface area contributed by atoms with Crippen molar-refractivity contribution in [1.82, 2.24) is 9.80 Å². The third-order valence-electron chi connectivity index (χ3n) is 9.98. The molecule has 2 aromatic carbocycles. The number of hydrogen-bond donors (Lipinski definition) is 1. The van der Waals surface area contributed by atoms with E-state index in [1.54, 1.807) is 29.0 Å². The first-order chi connectivity index (χ1) is 25.7. The summed E-state index contributed by atoms with van der Waals surface area (Å²) in [6.07, 6.45) is 5.75. The Kier molecular flexibility index (Phi) is 12.5. The van der Waals surface area contributed by atoms with E-state index in [0.29, 0.717) is 105 Å². The zero-order valence-corrected chi connectivity index (χ0v) is 30.9. The molecule has 2 saturated heterocycles. The highest BCUT2D eigenvalue weighted by atomic mass is 16.5. The Balaban J connectivity index is 1.03. The predicted molar refractivity (Wildman–Crippen MR) is 202 cm³/mol. The van der Waals surface area contributed by atoms with Crippen molar-refractivity contribution >= 4 is 35.3 Å². The minimum absolute atomic E-state index is 0.0832. The number of hydrogen-bond acceptors (Lipinski definition) is 10. The minimum Gasteiger partial charge on any atom is -0.493 e. The Morgan fingerprint density at radius 2 is 1.53 bits per heavy atom. The highest BCUT2D eigenvalue weighted by Gasteiger charge is 2.40. The SMILES string of the molecule is C=C1C[C@H]2CN(C(=O)CCOCCOCCN)c3cc(OCCCCCOc4cc5c(cc4OC)C(=O)N4CC(=C)C[C@H]4C=N5)c(C)cc3C(=O)N2C1. The van der Waals surface area contributed by atoms with Crippen LogP contribution in [0.3, 0.4) is 0 Å². The van der Waals surface area contributed by atoms with E-state index in [1.807, 2.05) is 30.2 Å². The molecule has 2 atom stereocenters. The van der Waals surface area contributed by atoms with Gasteiger partial charge in [-0.05, 0) is 56.7 Å². The molecule has 13 nitrogen and oxygen atoms in total. The van der Waals surface area contributed by atoms with Gasteiger partial charge in [-0.3, -0.25) is 19.4 Å². The molecule has 2 N–H and O–H groups in total. The maximum Gasteiger partial charge on any atom is 0.257 e. The van der Waals surface area contributed by atoms with Gasteiger partial charge in [0.05, 0.1) is 87.8 Å². The van der Waals surface area contributed by atoms with E-state index >= 15 is 0 Å². The smallest absolute Gasteiger partial charge is 0.257 e. The molecule has 4 heterocycles. The zero-order chi connectivity index (χ0) is 37.5. The third-order valence-corrected chi connectivity index (χ3v) is 9.98. The molecule has 0 aromatic heterocycles. The highest BCUT2D eigenvalue weighted by Crippen LogP contribution is 2.39. The lowest BCUT2D eigenvalue weighted by atomic mass is 10.1. The number of amides is 3. The predicted octanol–water partition coefficient (Wildman–Crippen LogP) is 4.62. The van der Waals surface area contributed by atoms with Gasteiger partial charge in [0.1, 0.15) is 5.75 Å². The summed E-state index contributed by atoms with van der Waals surface area (Å²) in [5, 5.41) is 0. The molecule has 0 radical (unpaired) electrons. The van der Waals surface area contributed by atoms with Crippen molar-refractivity contribution in [2.45, 2.75) is 57.5 Å². The van der Waals surface area contributed by atoms with Crippen LogP contribution < -0.4 is 24.8 Å². The van der Waals surface area contributed by atoms with Gasteiger partial charge in [-0.1, -0.05) is 24.3 Å². The molecular formula is C40H51N5O8. The van der Waals surface area contributed by atoms with Crippen molar-refractivity contribution in [2.24, 2.45) is 10.7 Å². The van der Waals surface area contributed by atoms with Gasteiger partial charge in [-0.15, -0.1) is 0 Å². The number of fused-ring (bicyclic) bond motifs is 4. The molecule has 6 rings (SSSR count). The molecule has 3 amide bonds. The van der Waals surface area contributed by atoms with E-state index < -0.39 is 0 Å². The summed E-state index contributed by atoms with van der Waals surface area (Å²) >= 11 is 0. The molecule has 2 aromatic rings. The molecule has 53 heavy (non-hydrogen) atoms. The number of nitrogens with two attached hydrogens (primary N) is 1. The fourth-order valence-corrected chi connectivity index (χ4v) is 7.26. The topological polar surface area (TPSA) is 145 Å². The van der Waals surface area contributed by atoms with Crippen LogP contribution in [0.15, 0.2) is 53.6 Å². The molecule has 0 bridgehead atoms. The number of aliphatic imine (C=N–C) groups is 1. The van der Waals surface area contributed by atoms with Crippen molar-refractivity contribution in [3.63, 3.8) is 0 Å². The summed E-state index contributed by atoms with van der Waals surface area (Å²) in [5.74, 6) is 1.37. The Bertz CT molecular complexity index is 1760. The number of carbonyl (C=O) groups is 3. The van der Waals surface area contributed by atoms with Gasteiger partial charge in [0, 0.05) is 44.5 Å². The number of nitrogens with zero attached hydrogens (tertiary/aromatic N) is 4. The molecule has 13 heteroatoms. The first kappa shape index (κ1) is 38.0. The summed E-state index contributed by atoms with van der Waals surface area (Å²) < 4.78 is 28.9. The lowest BCUT2D eigenvalue weighted by molar-refractivity contribution is -0.120. The maximum atomic E-state index is 13.7. The fourth-order valence-electron chi connectivity index (χ4n) is 7.26. The summed E-state index contributed by atoms with van der Waals surface area (Å²) in [6, 6.07) is 6.93. The van der Waals surface area contributed by atoms with Crippen LogP contribution in [0, 0.1) is 6.92 Å². The maximum absolute atomic E-state index is 13.7. The van der Waals surface area contributed by atoms with Crippen LogP contribution in [-0.4, -0.2) is 119 Å². The first-order valence-electron chi connectivity index (χ1n) is 18.5. The lowest BCUT2D eigenvalue weighted by Crippen LogP contribution is -2.42. The summed E-state index contributed by atoms with van der Waals surface area (Å²) in [7, 11) is 1.56. The fraction of sp³-hybridized carbons (Fsp3) is 0.500. The second-order valence-corrected chi connectivity index (χ2v) is 14.0. The molecule has 0 saturated carbocycles. The Hall–Kier alpha value is -4.72. The number of unbranched alkanes of at least 4 members (excludes halogenated alkanes) is 2. The average molecular weight is 730 g/mol. The number of rotatable bonds is 17. The van der Waals surface area contributed by atoms with Crippen LogP contribution in [0.5, 0.6) is 17.2 Å². The lowest BCUT2D eigenvalue weighted by Gasteiger charge is -2.26. The Labute approximate surface area is 311 Å². The molecular weight excluding hydrogens is 678 g/mol. The monoisotopic (exact) mass is 729 g/mol. The number of carbonyl (C=O) groups excluding carboxylic acids is 3. The summed E-state index contributed by atoms with van der Waals surface area (Å²) in [6.45, 7) is 14.3. The van der Waals surface area contributed by atoms with Crippen molar-refractivity contribution in [3.8, 4) is 17.2 Å². The van der Waals surface area contributed by atoms with Crippen LogP contribution in [0.1, 0.15) is 64.8 Å². The number of benzene rings is 2. The highest BCUT2D eigenvalue weighted by molar-refractivity contribution is 6.07. The van der Waals surface area contributed by atoms with Crippen LogP contribution in [0.4, 0.5) is 11.4 Å². The van der Waals surface area contributed by atoms with Crippen LogP contribution in [-0.2, 0) is 14.3 Å². The quantitative estimate of drug-likeness (QED) is 0.182. The molecule has 284 valence electrons. The normalized spacial score (nSPS) is 19.1. The molecule has 0 spiro atoms. The second-order valence-electron chi connectivity index (χ2n) is 14.0. The van der Waals surface area contributed by atoms with Crippen LogP contribution in [0.25, 0.3) is 0 Å². The first-order valence-corrected chi connectivity index (χ1v) is 18.5. The molecule has 2 fully saturated rings. The minimum atomic E-state index is -0.136. The van der Waals surface area contributed by atoms with Gasteiger partial charge in [0.2, 0.25) is 5.91 Å². The number of aryl methyl sites for hydroxylation is 1. The standard InChI is InChI=1S/C40H51N5O8/c1-26-16-29-22-42-33-20-37(36(49-4)19-31(33)39(47)43(29)23-26)53-11-7-5-6-10-52-35-21-34-32(18-28(35)3)40(48)44-24-27(2)17-30(44)25-45(34)38(46)8-12-50-14-15-51-13-9-41/h18-22,29-30H,1-2,5-17,23-25,41H2,3-4H3/t29-,30-/m0/s1.